The first-order chi connectivity index (χ1) is 15.4. The van der Waals surface area contributed by atoms with Crippen LogP contribution in [0.5, 0.6) is 5.75 Å². The number of piperazine rings is 1. The number of carbonyl (C=O) groups excluding carboxylic acids is 1. The number of nitrogens with one attached hydrogen (secondary N) is 1. The van der Waals surface area contributed by atoms with Crippen LogP contribution < -0.4 is 79.1 Å². The number of fused-ring (bicyclic) bond motifs is 2. The van der Waals surface area contributed by atoms with Crippen LogP contribution >= 0.6 is 0 Å². The molecule has 1 aliphatic heterocycles. The summed E-state index contributed by atoms with van der Waals surface area (Å²) in [6.45, 7) is 4.55. The summed E-state index contributed by atoms with van der Waals surface area (Å²) < 4.78 is 1.68. The van der Waals surface area contributed by atoms with Gasteiger partial charge in [-0.2, -0.15) is 5.10 Å². The van der Waals surface area contributed by atoms with Gasteiger partial charge in [0, 0.05) is 49.4 Å². The topological polar surface area (TPSA) is 110 Å². The van der Waals surface area contributed by atoms with Crippen molar-refractivity contribution in [2.45, 2.75) is 13.0 Å². The fourth-order valence-corrected chi connectivity index (χ4v) is 4.19. The maximum absolute atomic E-state index is 12.7. The number of phenols is 1. The number of aromatic hydroxyl groups is 1. The second-order valence-electron chi connectivity index (χ2n) is 8.11. The molecule has 9 nitrogen and oxygen atoms in total. The van der Waals surface area contributed by atoms with Gasteiger partial charge in [0.15, 0.2) is 5.82 Å². The van der Waals surface area contributed by atoms with Crippen LogP contribution in [0.2, 0.25) is 0 Å². The molecule has 0 aliphatic carbocycles. The van der Waals surface area contributed by atoms with Gasteiger partial charge in [-0.15, -0.1) is 12.6 Å². The number of amides is 1. The third-order valence-corrected chi connectivity index (χ3v) is 5.76. The zero-order chi connectivity index (χ0) is 22.4. The number of hydrogen-bond donors (Lipinski definition) is 2. The molecule has 1 fully saturated rings. The van der Waals surface area contributed by atoms with Gasteiger partial charge in [0.05, 0.1) is 16.6 Å². The summed E-state index contributed by atoms with van der Waals surface area (Å²) in [5, 5.41) is 23.7. The molecule has 2 aromatic carbocycles. The van der Waals surface area contributed by atoms with Crippen molar-refractivity contribution >= 4 is 33.4 Å². The third-order valence-electron chi connectivity index (χ3n) is 5.76. The average molecular weight is 563 g/mol. The van der Waals surface area contributed by atoms with E-state index in [1.54, 1.807) is 23.9 Å². The summed E-state index contributed by atoms with van der Waals surface area (Å²) in [6, 6.07) is 9.52. The zero-order valence-electron chi connectivity index (χ0n) is 19.2. The minimum absolute atomic E-state index is 0. The molecule has 3 heterocycles. The second-order valence-corrected chi connectivity index (χ2v) is 8.11. The molecule has 10 heteroatoms. The molecule has 33 heavy (non-hydrogen) atoms. The van der Waals surface area contributed by atoms with Crippen LogP contribution in [0, 0.1) is 0 Å². The summed E-state index contributed by atoms with van der Waals surface area (Å²) in [5.74, 6) is -0.00154. The summed E-state index contributed by atoms with van der Waals surface area (Å²) in [6.07, 6.45) is 1.86. The monoisotopic (exact) mass is 563 g/mol. The van der Waals surface area contributed by atoms with Crippen molar-refractivity contribution in [2.24, 2.45) is 7.05 Å². The fourth-order valence-electron chi connectivity index (χ4n) is 4.19. The molecule has 1 aliphatic rings. The van der Waals surface area contributed by atoms with E-state index in [4.69, 9.17) is 0 Å². The van der Waals surface area contributed by atoms with Crippen molar-refractivity contribution in [3.63, 3.8) is 0 Å². The number of aromatic nitrogens is 4. The first kappa shape index (κ1) is 24.5. The molecule has 4 aromatic rings. The smallest absolute Gasteiger partial charge is 0.657 e. The predicted octanol–water partition coefficient (Wildman–Crippen LogP) is -0.165. The van der Waals surface area contributed by atoms with Crippen molar-refractivity contribution in [1.29, 1.82) is 0 Å². The Morgan fingerprint density at radius 3 is 2.79 bits per heavy atom. The quantitative estimate of drug-likeness (QED) is 0.359. The molecule has 1 unspecified atom stereocenters. The number of hydrogen-bond acceptors (Lipinski definition) is 6. The van der Waals surface area contributed by atoms with E-state index in [0.29, 0.717) is 22.0 Å². The number of rotatable bonds is 3. The number of anilines is 1. The van der Waals surface area contributed by atoms with Crippen LogP contribution in [0.4, 0.5) is 5.69 Å². The maximum atomic E-state index is 12.7. The first-order valence-electron chi connectivity index (χ1n) is 10.5. The zero-order valence-corrected chi connectivity index (χ0v) is 25.5. The fraction of sp³-hybridized carbons (Fsp3) is 0.304. The molecule has 5 rings (SSSR count). The predicted molar refractivity (Wildman–Crippen MR) is 124 cm³/mol. The Morgan fingerprint density at radius 2 is 2.03 bits per heavy atom. The molecule has 0 spiro atoms. The van der Waals surface area contributed by atoms with Crippen molar-refractivity contribution < 1.29 is 78.8 Å². The van der Waals surface area contributed by atoms with Crippen LogP contribution in [0.1, 0.15) is 17.4 Å². The molecule has 2 aromatic heterocycles. The van der Waals surface area contributed by atoms with Gasteiger partial charge in [-0.3, -0.25) is 9.48 Å². The van der Waals surface area contributed by atoms with Crippen molar-refractivity contribution in [3.8, 4) is 17.1 Å². The standard InChI is InChI=1S/C23H24N7O2.Cs/c1-13-11-30(7-6-25-13)15-4-5-18-16(9-15)21(23(32)24-2)27-22(26-18)17-8-14-12-29(3)28-19(14)10-20(17)31;/h4-5,8-10,12-13,31H,6-7,11H2,1-3H3,(H,24,32);/q-1;+1. The normalized spacial score (nSPS) is 16.1. The van der Waals surface area contributed by atoms with Crippen molar-refractivity contribution in [3.05, 3.63) is 47.5 Å². The Labute approximate surface area is 250 Å². The molecule has 0 radical (unpaired) electrons. The van der Waals surface area contributed by atoms with E-state index in [2.05, 4.69) is 37.5 Å². The van der Waals surface area contributed by atoms with E-state index < -0.39 is 0 Å². The molecule has 164 valence electrons. The van der Waals surface area contributed by atoms with Crippen LogP contribution in [0.25, 0.3) is 38.5 Å². The second kappa shape index (κ2) is 9.90. The molecule has 2 N–H and O–H groups in total. The van der Waals surface area contributed by atoms with Crippen molar-refractivity contribution in [1.82, 2.24) is 25.1 Å². The van der Waals surface area contributed by atoms with Gasteiger partial charge >= 0.3 is 68.9 Å². The summed E-state index contributed by atoms with van der Waals surface area (Å²) in [7, 11) is 3.40. The number of phenolic OH excluding ortho intramolecular Hbond substituents is 1. The molecule has 0 bridgehead atoms. The number of benzene rings is 2. The Morgan fingerprint density at radius 1 is 1.21 bits per heavy atom. The summed E-state index contributed by atoms with van der Waals surface area (Å²) >= 11 is 0. The Kier molecular flexibility index (Phi) is 7.34. The van der Waals surface area contributed by atoms with Gasteiger partial charge in [0.2, 0.25) is 0 Å². The molecule has 0 saturated carbocycles. The van der Waals surface area contributed by atoms with Gasteiger partial charge < -0.3 is 20.6 Å². The van der Waals surface area contributed by atoms with E-state index in [9.17, 15) is 9.90 Å². The molecule has 1 amide bonds. The van der Waals surface area contributed by atoms with Gasteiger partial charge in [-0.25, -0.2) is 9.97 Å². The third kappa shape index (κ3) is 4.79. The van der Waals surface area contributed by atoms with E-state index in [1.165, 1.54) is 0 Å². The van der Waals surface area contributed by atoms with Crippen LogP contribution in [0.15, 0.2) is 36.5 Å². The molecule has 1 saturated heterocycles. The minimum Gasteiger partial charge on any atom is -0.657 e. The van der Waals surface area contributed by atoms with Gasteiger partial charge in [-0.1, -0.05) is 6.92 Å². The average Bonchev–Trinajstić information content (AvgIpc) is 3.15. The van der Waals surface area contributed by atoms with Gasteiger partial charge in [0.25, 0.3) is 5.91 Å². The molecular weight excluding hydrogens is 539 g/mol. The Balaban J connectivity index is 0.00000259. The Hall–Kier alpha value is -1.67. The van der Waals surface area contributed by atoms with Crippen LogP contribution in [0.3, 0.4) is 0 Å². The van der Waals surface area contributed by atoms with Crippen molar-refractivity contribution in [2.75, 3.05) is 31.6 Å². The molecule has 1 atom stereocenters. The SMILES string of the molecule is CNC(=O)c1nc(-c2cc3cn(C)nc3cc2O)nc2ccc(N3CC[N-]C(C)C3)cc12.[Cs+]. The number of nitrogens with zero attached hydrogens (tertiary/aromatic N) is 6. The van der Waals surface area contributed by atoms with E-state index in [-0.39, 0.29) is 98.1 Å². The van der Waals surface area contributed by atoms with Crippen LogP contribution in [-0.2, 0) is 7.05 Å². The summed E-state index contributed by atoms with van der Waals surface area (Å²) in [4.78, 5) is 24.3. The van der Waals surface area contributed by atoms with E-state index in [0.717, 1.165) is 30.7 Å². The first-order valence-corrected chi connectivity index (χ1v) is 10.5. The molecular formula is C23H24CsN7O2. The van der Waals surface area contributed by atoms with E-state index in [1.807, 2.05) is 31.4 Å². The summed E-state index contributed by atoms with van der Waals surface area (Å²) in [5.41, 5.74) is 3.05. The minimum atomic E-state index is -0.306. The number of aryl methyl sites for hydroxylation is 1. The maximum Gasteiger partial charge on any atom is 1.00 e. The van der Waals surface area contributed by atoms with Gasteiger partial charge in [-0.05, 0) is 30.8 Å². The number of carbonyl (C=O) groups is 1. The van der Waals surface area contributed by atoms with E-state index >= 15 is 0 Å². The Bertz CT molecular complexity index is 1350. The largest absolute Gasteiger partial charge is 1.00 e. The van der Waals surface area contributed by atoms with Crippen LogP contribution in [-0.4, -0.2) is 63.5 Å². The van der Waals surface area contributed by atoms with Gasteiger partial charge in [0.1, 0.15) is 11.4 Å².